The Hall–Kier alpha value is -4.23. The Bertz CT molecular complexity index is 1750. The summed E-state index contributed by atoms with van der Waals surface area (Å²) in [6, 6.07) is 5.00. The molecule has 220 valence electrons. The maximum Gasteiger partial charge on any atom is 0.335 e. The zero-order chi connectivity index (χ0) is 30.2. The van der Waals surface area contributed by atoms with E-state index < -0.39 is 20.1 Å². The molecule has 1 aromatic carbocycles. The summed E-state index contributed by atoms with van der Waals surface area (Å²) < 4.78 is 28.0. The predicted molar refractivity (Wildman–Crippen MR) is 160 cm³/mol. The van der Waals surface area contributed by atoms with Crippen LogP contribution < -0.4 is 5.32 Å². The first kappa shape index (κ1) is 29.3. The second-order valence-electron chi connectivity index (χ2n) is 11.6. The van der Waals surface area contributed by atoms with Crippen molar-refractivity contribution in [3.8, 4) is 11.4 Å². The second kappa shape index (κ2) is 11.6. The molecule has 4 heterocycles. The van der Waals surface area contributed by atoms with E-state index in [9.17, 15) is 14.0 Å². The van der Waals surface area contributed by atoms with Crippen LogP contribution in [0.2, 0.25) is 25.7 Å². The van der Waals surface area contributed by atoms with Crippen molar-refractivity contribution < 1.29 is 23.5 Å². The number of fused-ring (bicyclic) bond motifs is 2. The van der Waals surface area contributed by atoms with Crippen molar-refractivity contribution in [1.82, 2.24) is 29.6 Å². The molecule has 0 fully saturated rings. The van der Waals surface area contributed by atoms with Crippen LogP contribution in [0.1, 0.15) is 23.7 Å². The maximum absolute atomic E-state index is 13.9. The molecule has 0 radical (unpaired) electrons. The third-order valence-corrected chi connectivity index (χ3v) is 8.85. The number of carbonyl (C=O) groups is 2. The Labute approximate surface area is 243 Å². The van der Waals surface area contributed by atoms with E-state index in [0.29, 0.717) is 51.5 Å². The first-order valence-electron chi connectivity index (χ1n) is 13.7. The van der Waals surface area contributed by atoms with E-state index in [0.717, 1.165) is 11.4 Å². The molecule has 0 unspecified atom stereocenters. The van der Waals surface area contributed by atoms with Crippen LogP contribution in [0.5, 0.6) is 0 Å². The third kappa shape index (κ3) is 6.02. The zero-order valence-electron chi connectivity index (χ0n) is 24.6. The first-order valence-corrected chi connectivity index (χ1v) is 17.4. The van der Waals surface area contributed by atoms with Crippen molar-refractivity contribution >= 4 is 47.7 Å². The number of benzene rings is 1. The Kier molecular flexibility index (Phi) is 8.06. The van der Waals surface area contributed by atoms with Crippen molar-refractivity contribution in [1.29, 1.82) is 0 Å². The highest BCUT2D eigenvalue weighted by molar-refractivity contribution is 6.76. The maximum atomic E-state index is 13.9. The number of nitrogens with zero attached hydrogens (tertiary/aromatic N) is 6. The highest BCUT2D eigenvalue weighted by Gasteiger charge is 2.26. The number of rotatable bonds is 10. The van der Waals surface area contributed by atoms with E-state index in [-0.39, 0.29) is 24.9 Å². The van der Waals surface area contributed by atoms with Crippen molar-refractivity contribution in [2.45, 2.75) is 51.8 Å². The molecule has 0 aliphatic carbocycles. The fraction of sp³-hybridized carbons (Fsp3) is 0.379. The molecular formula is C29H34FN7O4Si. The summed E-state index contributed by atoms with van der Waals surface area (Å²) in [4.78, 5) is 39.3. The number of carbonyl (C=O) groups excluding carboxylic acids is 2. The van der Waals surface area contributed by atoms with Gasteiger partial charge in [0.1, 0.15) is 29.5 Å². The molecule has 0 saturated carbocycles. The Morgan fingerprint density at radius 1 is 1.24 bits per heavy atom. The lowest BCUT2D eigenvalue weighted by molar-refractivity contribution is -0.136. The van der Waals surface area contributed by atoms with Crippen LogP contribution in [-0.2, 0) is 28.0 Å². The summed E-state index contributed by atoms with van der Waals surface area (Å²) in [6.07, 6.45) is 5.04. The van der Waals surface area contributed by atoms with Gasteiger partial charge in [0.15, 0.2) is 5.65 Å². The quantitative estimate of drug-likeness (QED) is 0.164. The van der Waals surface area contributed by atoms with Crippen molar-refractivity contribution in [2.75, 3.05) is 13.7 Å². The monoisotopic (exact) mass is 591 g/mol. The summed E-state index contributed by atoms with van der Waals surface area (Å²) in [5.41, 5.74) is 3.85. The van der Waals surface area contributed by atoms with E-state index in [1.807, 2.05) is 0 Å². The zero-order valence-corrected chi connectivity index (χ0v) is 25.6. The normalized spacial score (nSPS) is 14.3. The minimum Gasteiger partial charge on any atom is -0.466 e. The highest BCUT2D eigenvalue weighted by Crippen LogP contribution is 2.29. The topological polar surface area (TPSA) is 126 Å². The lowest BCUT2D eigenvalue weighted by Gasteiger charge is -2.15. The molecule has 1 aliphatic rings. The van der Waals surface area contributed by atoms with Crippen LogP contribution in [0.4, 0.5) is 4.39 Å². The smallest absolute Gasteiger partial charge is 0.335 e. The predicted octanol–water partition coefficient (Wildman–Crippen LogP) is 4.46. The molecule has 42 heavy (non-hydrogen) atoms. The third-order valence-electron chi connectivity index (χ3n) is 7.15. The summed E-state index contributed by atoms with van der Waals surface area (Å²) in [7, 11) is 1.77. The lowest BCUT2D eigenvalue weighted by Crippen LogP contribution is -2.38. The number of esters is 1. The largest absolute Gasteiger partial charge is 0.466 e. The van der Waals surface area contributed by atoms with Gasteiger partial charge in [-0.2, -0.15) is 5.10 Å². The number of aliphatic imine (C=N–C) groups is 1. The van der Waals surface area contributed by atoms with Crippen molar-refractivity contribution in [3.63, 3.8) is 0 Å². The van der Waals surface area contributed by atoms with Crippen molar-refractivity contribution in [3.05, 3.63) is 53.7 Å². The van der Waals surface area contributed by atoms with Crippen molar-refractivity contribution in [2.24, 2.45) is 12.0 Å². The Morgan fingerprint density at radius 3 is 2.76 bits per heavy atom. The molecular weight excluding hydrogens is 557 g/mol. The number of hydrogen-bond acceptors (Lipinski definition) is 8. The minimum absolute atomic E-state index is 0.211. The number of aromatic nitrogens is 5. The van der Waals surface area contributed by atoms with Crippen LogP contribution in [-0.4, -0.2) is 69.7 Å². The molecule has 0 saturated heterocycles. The fourth-order valence-corrected chi connectivity index (χ4v) is 5.47. The van der Waals surface area contributed by atoms with Gasteiger partial charge >= 0.3 is 5.97 Å². The molecule has 1 amide bonds. The number of aryl methyl sites for hydroxylation is 1. The van der Waals surface area contributed by atoms with E-state index in [1.165, 1.54) is 25.4 Å². The molecule has 1 aliphatic heterocycles. The second-order valence-corrected chi connectivity index (χ2v) is 17.2. The summed E-state index contributed by atoms with van der Waals surface area (Å²) in [6.45, 7) is 9.47. The van der Waals surface area contributed by atoms with Gasteiger partial charge in [-0.25, -0.2) is 19.2 Å². The van der Waals surface area contributed by atoms with Gasteiger partial charge in [-0.1, -0.05) is 19.6 Å². The molecule has 5 rings (SSSR count). The molecule has 1 N–H and O–H groups in total. The van der Waals surface area contributed by atoms with Gasteiger partial charge in [-0.05, 0) is 31.2 Å². The van der Waals surface area contributed by atoms with Gasteiger partial charge in [0.05, 0.1) is 36.0 Å². The summed E-state index contributed by atoms with van der Waals surface area (Å²) >= 11 is 0. The lowest BCUT2D eigenvalue weighted by atomic mass is 10.1. The molecule has 1 atom stereocenters. The van der Waals surface area contributed by atoms with Gasteiger partial charge < -0.3 is 19.4 Å². The molecule has 0 bridgehead atoms. The van der Waals surface area contributed by atoms with Gasteiger partial charge in [0, 0.05) is 51.6 Å². The SMILES string of the molecule is COC(=O)C1=CN=C([C@H](C)NC(=O)c2cn(COCC[Si](C)(C)C)c3ncc(-c4nn(C)c5cc(F)ccc45)nc23)C1. The Balaban J connectivity index is 1.47. The van der Waals surface area contributed by atoms with Crippen LogP contribution >= 0.6 is 0 Å². The average molecular weight is 592 g/mol. The number of ether oxygens (including phenoxy) is 2. The van der Waals surface area contributed by atoms with Crippen LogP contribution in [0.15, 0.2) is 47.4 Å². The number of methoxy groups -OCH3 is 1. The minimum atomic E-state index is -1.28. The van der Waals surface area contributed by atoms with Crippen LogP contribution in [0.3, 0.4) is 0 Å². The number of hydrogen-bond donors (Lipinski definition) is 1. The van der Waals surface area contributed by atoms with E-state index >= 15 is 0 Å². The molecule has 0 spiro atoms. The summed E-state index contributed by atoms with van der Waals surface area (Å²) in [5.74, 6) is -1.18. The van der Waals surface area contributed by atoms with Crippen LogP contribution in [0, 0.1) is 5.82 Å². The van der Waals surface area contributed by atoms with E-state index in [4.69, 9.17) is 14.5 Å². The number of amides is 1. The molecule has 4 aromatic rings. The van der Waals surface area contributed by atoms with E-state index in [1.54, 1.807) is 41.7 Å². The van der Waals surface area contributed by atoms with Crippen LogP contribution in [0.25, 0.3) is 33.5 Å². The van der Waals surface area contributed by atoms with Gasteiger partial charge in [0.25, 0.3) is 5.91 Å². The van der Waals surface area contributed by atoms with E-state index in [2.05, 4.69) is 40.0 Å². The average Bonchev–Trinajstić information content (AvgIpc) is 3.66. The molecule has 3 aromatic heterocycles. The first-order chi connectivity index (χ1) is 19.9. The highest BCUT2D eigenvalue weighted by atomic mass is 28.3. The van der Waals surface area contributed by atoms with Gasteiger partial charge in [-0.15, -0.1) is 0 Å². The van der Waals surface area contributed by atoms with Gasteiger partial charge in [0.2, 0.25) is 0 Å². The summed E-state index contributed by atoms with van der Waals surface area (Å²) in [5, 5.41) is 8.25. The van der Waals surface area contributed by atoms with Gasteiger partial charge in [-0.3, -0.25) is 14.5 Å². The Morgan fingerprint density at radius 2 is 2.02 bits per heavy atom. The number of nitrogens with one attached hydrogen (secondary N) is 1. The molecule has 11 nitrogen and oxygen atoms in total. The fourth-order valence-electron chi connectivity index (χ4n) is 4.72. The molecule has 13 heteroatoms. The standard InChI is InChI=1S/C29H34FN7O4Si/c1-17(22-11-18(13-31-22)29(39)40-3)33-28(38)21-15-37(16-41-9-10-42(4,5)6)27-26(21)34-23(14-32-27)25-20-8-7-19(30)12-24(20)36(2)35-25/h7-8,12-15,17H,9-11,16H2,1-6H3,(H,33,38)/t17-/m0/s1. The number of halogens is 1.